The molecule has 1 fully saturated rings. The monoisotopic (exact) mass is 233 g/mol. The highest BCUT2D eigenvalue weighted by molar-refractivity contribution is 5.50. The SMILES string of the molecule is CC(N)Cc1cccnc1N1CCCC1(C)C. The molecule has 3 heteroatoms. The molecule has 2 rings (SSSR count). The van der Waals surface area contributed by atoms with E-state index in [1.807, 2.05) is 19.2 Å². The molecule has 0 aromatic carbocycles. The first-order valence-electron chi connectivity index (χ1n) is 6.48. The first-order valence-corrected chi connectivity index (χ1v) is 6.48. The molecule has 1 atom stereocenters. The lowest BCUT2D eigenvalue weighted by molar-refractivity contribution is 0.512. The highest BCUT2D eigenvalue weighted by Gasteiger charge is 2.33. The van der Waals surface area contributed by atoms with Crippen LogP contribution in [0.5, 0.6) is 0 Å². The molecule has 1 aromatic rings. The molecule has 0 aliphatic carbocycles. The van der Waals surface area contributed by atoms with E-state index in [2.05, 4.69) is 29.8 Å². The van der Waals surface area contributed by atoms with E-state index in [0.717, 1.165) is 18.8 Å². The molecule has 1 unspecified atom stereocenters. The lowest BCUT2D eigenvalue weighted by Crippen LogP contribution is -2.39. The summed E-state index contributed by atoms with van der Waals surface area (Å²) in [6, 6.07) is 4.34. The summed E-state index contributed by atoms with van der Waals surface area (Å²) in [5.41, 5.74) is 7.41. The number of hydrogen-bond donors (Lipinski definition) is 1. The normalized spacial score (nSPS) is 20.6. The van der Waals surface area contributed by atoms with Gasteiger partial charge in [0.1, 0.15) is 5.82 Å². The molecule has 0 saturated carbocycles. The van der Waals surface area contributed by atoms with Crippen molar-refractivity contribution >= 4 is 5.82 Å². The molecule has 1 saturated heterocycles. The van der Waals surface area contributed by atoms with Gasteiger partial charge in [0.05, 0.1) is 0 Å². The largest absolute Gasteiger partial charge is 0.351 e. The molecule has 0 bridgehead atoms. The van der Waals surface area contributed by atoms with Crippen molar-refractivity contribution in [2.75, 3.05) is 11.4 Å². The van der Waals surface area contributed by atoms with E-state index >= 15 is 0 Å². The first-order chi connectivity index (χ1) is 8.00. The van der Waals surface area contributed by atoms with Gasteiger partial charge in [0, 0.05) is 24.3 Å². The Morgan fingerprint density at radius 2 is 2.29 bits per heavy atom. The predicted octanol–water partition coefficient (Wildman–Crippen LogP) is 2.35. The van der Waals surface area contributed by atoms with Gasteiger partial charge in [-0.05, 0) is 51.7 Å². The number of nitrogens with two attached hydrogens (primary N) is 1. The number of anilines is 1. The van der Waals surface area contributed by atoms with E-state index in [1.54, 1.807) is 0 Å². The summed E-state index contributed by atoms with van der Waals surface area (Å²) in [7, 11) is 0. The van der Waals surface area contributed by atoms with Gasteiger partial charge in [0.25, 0.3) is 0 Å². The fourth-order valence-corrected chi connectivity index (χ4v) is 2.68. The standard InChI is InChI=1S/C14H23N3/c1-11(15)10-12-6-4-8-16-13(12)17-9-5-7-14(17,2)3/h4,6,8,11H,5,7,9-10,15H2,1-3H3. The third kappa shape index (κ3) is 2.60. The molecule has 3 nitrogen and oxygen atoms in total. The molecular weight excluding hydrogens is 210 g/mol. The topological polar surface area (TPSA) is 42.1 Å². The summed E-state index contributed by atoms with van der Waals surface area (Å²) >= 11 is 0. The van der Waals surface area contributed by atoms with E-state index in [0.29, 0.717) is 0 Å². The average Bonchev–Trinajstić information content (AvgIpc) is 2.58. The maximum Gasteiger partial charge on any atom is 0.132 e. The van der Waals surface area contributed by atoms with Crippen molar-refractivity contribution in [3.05, 3.63) is 23.9 Å². The summed E-state index contributed by atoms with van der Waals surface area (Å²) in [5, 5.41) is 0. The minimum absolute atomic E-state index is 0.184. The average molecular weight is 233 g/mol. The van der Waals surface area contributed by atoms with Crippen LogP contribution in [0.25, 0.3) is 0 Å². The smallest absolute Gasteiger partial charge is 0.132 e. The van der Waals surface area contributed by atoms with Crippen LogP contribution in [-0.4, -0.2) is 23.1 Å². The summed E-state index contributed by atoms with van der Waals surface area (Å²) in [6.45, 7) is 7.75. The highest BCUT2D eigenvalue weighted by atomic mass is 15.3. The van der Waals surface area contributed by atoms with Crippen LogP contribution in [0.2, 0.25) is 0 Å². The lowest BCUT2D eigenvalue weighted by atomic mass is 10.0. The Kier molecular flexibility index (Phi) is 3.38. The van der Waals surface area contributed by atoms with Crippen molar-refractivity contribution in [2.24, 2.45) is 5.73 Å². The zero-order chi connectivity index (χ0) is 12.5. The van der Waals surface area contributed by atoms with Crippen molar-refractivity contribution < 1.29 is 0 Å². The van der Waals surface area contributed by atoms with Gasteiger partial charge in [-0.1, -0.05) is 6.07 Å². The molecule has 2 N–H and O–H groups in total. The number of rotatable bonds is 3. The van der Waals surface area contributed by atoms with Crippen molar-refractivity contribution in [3.8, 4) is 0 Å². The summed E-state index contributed by atoms with van der Waals surface area (Å²) in [5.74, 6) is 1.13. The fourth-order valence-electron chi connectivity index (χ4n) is 2.68. The second kappa shape index (κ2) is 4.65. The van der Waals surface area contributed by atoms with E-state index in [9.17, 15) is 0 Å². The Morgan fingerprint density at radius 1 is 1.53 bits per heavy atom. The Morgan fingerprint density at radius 3 is 2.88 bits per heavy atom. The van der Waals surface area contributed by atoms with Crippen LogP contribution >= 0.6 is 0 Å². The van der Waals surface area contributed by atoms with Crippen molar-refractivity contribution in [1.82, 2.24) is 4.98 Å². The van der Waals surface area contributed by atoms with Gasteiger partial charge in [0.15, 0.2) is 0 Å². The van der Waals surface area contributed by atoms with Crippen molar-refractivity contribution in [2.45, 2.75) is 51.6 Å². The van der Waals surface area contributed by atoms with Gasteiger partial charge in [0.2, 0.25) is 0 Å². The van der Waals surface area contributed by atoms with Crippen LogP contribution < -0.4 is 10.6 Å². The molecule has 1 aliphatic heterocycles. The maximum absolute atomic E-state index is 5.91. The van der Waals surface area contributed by atoms with Crippen LogP contribution in [0, 0.1) is 0 Å². The Labute approximate surface area is 104 Å². The molecular formula is C14H23N3. The van der Waals surface area contributed by atoms with E-state index in [1.165, 1.54) is 18.4 Å². The van der Waals surface area contributed by atoms with Gasteiger partial charge in [-0.3, -0.25) is 0 Å². The quantitative estimate of drug-likeness (QED) is 0.871. The van der Waals surface area contributed by atoms with Gasteiger partial charge >= 0.3 is 0 Å². The fraction of sp³-hybridized carbons (Fsp3) is 0.643. The zero-order valence-electron chi connectivity index (χ0n) is 11.1. The van der Waals surface area contributed by atoms with Crippen molar-refractivity contribution in [1.29, 1.82) is 0 Å². The molecule has 1 aromatic heterocycles. The van der Waals surface area contributed by atoms with E-state index in [4.69, 9.17) is 5.73 Å². The van der Waals surface area contributed by atoms with Crippen LogP contribution in [0.4, 0.5) is 5.82 Å². The Balaban J connectivity index is 2.31. The van der Waals surface area contributed by atoms with Crippen molar-refractivity contribution in [3.63, 3.8) is 0 Å². The molecule has 94 valence electrons. The second-order valence-electron chi connectivity index (χ2n) is 5.74. The van der Waals surface area contributed by atoms with Crippen LogP contribution in [0.15, 0.2) is 18.3 Å². The Bertz CT molecular complexity index is 385. The number of aromatic nitrogens is 1. The molecule has 17 heavy (non-hydrogen) atoms. The third-order valence-electron chi connectivity index (χ3n) is 3.57. The molecule has 2 heterocycles. The molecule has 1 aliphatic rings. The molecule has 0 amide bonds. The Hall–Kier alpha value is -1.09. The minimum atomic E-state index is 0.184. The lowest BCUT2D eigenvalue weighted by Gasteiger charge is -2.34. The van der Waals surface area contributed by atoms with Gasteiger partial charge in [-0.15, -0.1) is 0 Å². The number of nitrogens with zero attached hydrogens (tertiary/aromatic N) is 2. The summed E-state index contributed by atoms with van der Waals surface area (Å²) in [6.07, 6.45) is 5.27. The van der Waals surface area contributed by atoms with Crippen LogP contribution in [0.3, 0.4) is 0 Å². The number of hydrogen-bond acceptors (Lipinski definition) is 3. The molecule has 0 spiro atoms. The van der Waals surface area contributed by atoms with Gasteiger partial charge in [-0.25, -0.2) is 4.98 Å². The van der Waals surface area contributed by atoms with Gasteiger partial charge in [-0.2, -0.15) is 0 Å². The second-order valence-corrected chi connectivity index (χ2v) is 5.74. The maximum atomic E-state index is 5.91. The van der Waals surface area contributed by atoms with Crippen LogP contribution in [-0.2, 0) is 6.42 Å². The predicted molar refractivity (Wildman–Crippen MR) is 72.2 cm³/mol. The van der Waals surface area contributed by atoms with Crippen LogP contribution in [0.1, 0.15) is 39.2 Å². The first kappa shape index (κ1) is 12.4. The highest BCUT2D eigenvalue weighted by Crippen LogP contribution is 2.34. The summed E-state index contributed by atoms with van der Waals surface area (Å²) < 4.78 is 0. The minimum Gasteiger partial charge on any atom is -0.351 e. The molecule has 0 radical (unpaired) electrons. The number of pyridine rings is 1. The summed E-state index contributed by atoms with van der Waals surface area (Å²) in [4.78, 5) is 7.01. The van der Waals surface area contributed by atoms with Gasteiger partial charge < -0.3 is 10.6 Å². The zero-order valence-corrected chi connectivity index (χ0v) is 11.1. The van der Waals surface area contributed by atoms with E-state index < -0.39 is 0 Å². The third-order valence-corrected chi connectivity index (χ3v) is 3.57. The van der Waals surface area contributed by atoms with E-state index in [-0.39, 0.29) is 11.6 Å².